The summed E-state index contributed by atoms with van der Waals surface area (Å²) in [5.74, 6) is -0.358. The smallest absolute Gasteiger partial charge is 0.278 e. The summed E-state index contributed by atoms with van der Waals surface area (Å²) < 4.78 is 0. The highest BCUT2D eigenvalue weighted by Crippen LogP contribution is 2.24. The topological polar surface area (TPSA) is 104 Å². The van der Waals surface area contributed by atoms with Crippen molar-refractivity contribution >= 4 is 23.3 Å². The van der Waals surface area contributed by atoms with Crippen molar-refractivity contribution in [2.45, 2.75) is 31.7 Å². The number of rotatable bonds is 5. The van der Waals surface area contributed by atoms with Gasteiger partial charge < -0.3 is 20.9 Å². The van der Waals surface area contributed by atoms with Crippen LogP contribution < -0.4 is 11.1 Å². The average Bonchev–Trinajstić information content (AvgIpc) is 3.44. The second-order valence-electron chi connectivity index (χ2n) is 9.16. The Labute approximate surface area is 209 Å². The van der Waals surface area contributed by atoms with Gasteiger partial charge in [0.15, 0.2) is 11.5 Å². The van der Waals surface area contributed by atoms with Crippen LogP contribution >= 0.6 is 0 Å². The highest BCUT2D eigenvalue weighted by atomic mass is 16.2. The van der Waals surface area contributed by atoms with Crippen molar-refractivity contribution in [3.05, 3.63) is 72.1 Å². The van der Waals surface area contributed by atoms with E-state index in [1.807, 2.05) is 47.4 Å². The molecule has 3 aromatic rings. The molecular weight excluding hydrogens is 440 g/mol. The van der Waals surface area contributed by atoms with Gasteiger partial charge in [-0.15, -0.1) is 0 Å². The maximum absolute atomic E-state index is 13.2. The largest absolute Gasteiger partial charge is 0.382 e. The molecule has 1 aromatic heterocycles. The van der Waals surface area contributed by atoms with E-state index in [0.29, 0.717) is 28.6 Å². The van der Waals surface area contributed by atoms with Gasteiger partial charge in [0.25, 0.3) is 11.8 Å². The molecule has 0 bridgehead atoms. The van der Waals surface area contributed by atoms with Gasteiger partial charge in [-0.25, -0.2) is 9.97 Å². The van der Waals surface area contributed by atoms with Crippen molar-refractivity contribution < 1.29 is 13.9 Å². The minimum absolute atomic E-state index is 0. The number of nitrogens with zero attached hydrogens (tertiary/aromatic N) is 4. The van der Waals surface area contributed by atoms with E-state index in [-0.39, 0.29) is 21.7 Å². The molecule has 8 heteroatoms. The number of hydrogen-bond acceptors (Lipinski definition) is 6. The summed E-state index contributed by atoms with van der Waals surface area (Å²) >= 11 is 0. The van der Waals surface area contributed by atoms with Crippen LogP contribution in [0.2, 0.25) is 0 Å². The fraction of sp³-hybridized carbons (Fsp3) is 0.333. The molecule has 0 unspecified atom stereocenters. The summed E-state index contributed by atoms with van der Waals surface area (Å²) in [5.41, 5.74) is 8.45. The normalized spacial score (nSPS) is 16.9. The Morgan fingerprint density at radius 2 is 1.71 bits per heavy atom. The summed E-state index contributed by atoms with van der Waals surface area (Å²) in [5, 5.41) is 2.79. The van der Waals surface area contributed by atoms with Crippen LogP contribution in [0, 0.1) is 0 Å². The van der Waals surface area contributed by atoms with Crippen LogP contribution in [-0.2, 0) is 0 Å². The molecule has 2 aromatic carbocycles. The van der Waals surface area contributed by atoms with E-state index in [1.54, 1.807) is 12.1 Å². The predicted octanol–water partition coefficient (Wildman–Crippen LogP) is 4.42. The summed E-state index contributed by atoms with van der Waals surface area (Å²) in [6.07, 6.45) is 6.15. The number of nitrogens with two attached hydrogens (primary N) is 1. The summed E-state index contributed by atoms with van der Waals surface area (Å²) in [6, 6.07) is 17.0. The van der Waals surface area contributed by atoms with Gasteiger partial charge in [-0.1, -0.05) is 30.3 Å². The van der Waals surface area contributed by atoms with Gasteiger partial charge in [-0.3, -0.25) is 9.59 Å². The lowest BCUT2D eigenvalue weighted by Gasteiger charge is -2.36. The third-order valence-corrected chi connectivity index (χ3v) is 6.86. The fourth-order valence-corrected chi connectivity index (χ4v) is 4.95. The Bertz CT molecular complexity index is 1220. The quantitative estimate of drug-likeness (QED) is 0.565. The first-order valence-corrected chi connectivity index (χ1v) is 12.2. The number of para-hydroxylation sites is 1. The van der Waals surface area contributed by atoms with E-state index in [4.69, 9.17) is 5.73 Å². The van der Waals surface area contributed by atoms with Gasteiger partial charge in [0, 0.05) is 40.2 Å². The highest BCUT2D eigenvalue weighted by molar-refractivity contribution is 6.06. The van der Waals surface area contributed by atoms with Crippen LogP contribution in [0.3, 0.4) is 0 Å². The van der Waals surface area contributed by atoms with Crippen LogP contribution in [0.5, 0.6) is 0 Å². The maximum atomic E-state index is 13.2. The zero-order valence-corrected chi connectivity index (χ0v) is 19.7. The molecule has 2 fully saturated rings. The molecule has 2 aliphatic heterocycles. The average molecular weight is 477 g/mol. The highest BCUT2D eigenvalue weighted by Gasteiger charge is 2.28. The molecule has 35 heavy (non-hydrogen) atoms. The lowest BCUT2D eigenvalue weighted by molar-refractivity contribution is 0.0644. The van der Waals surface area contributed by atoms with Crippen LogP contribution in [0.4, 0.5) is 11.5 Å². The Morgan fingerprint density at radius 1 is 0.971 bits per heavy atom. The molecule has 2 aliphatic rings. The second kappa shape index (κ2) is 10.2. The minimum atomic E-state index is -0.434. The molecule has 5 rings (SSSR count). The lowest BCUT2D eigenvalue weighted by atomic mass is 10.0. The molecule has 3 N–H and O–H groups in total. The number of nitrogen functional groups attached to an aromatic ring is 1. The van der Waals surface area contributed by atoms with Gasteiger partial charge in [-0.2, -0.15) is 0 Å². The van der Waals surface area contributed by atoms with Crippen molar-refractivity contribution in [1.29, 1.82) is 0 Å². The first-order chi connectivity index (χ1) is 17.1. The molecular formula is C27H36N6O2. The zero-order chi connectivity index (χ0) is 24.2. The van der Waals surface area contributed by atoms with Gasteiger partial charge >= 0.3 is 0 Å². The number of carbonyl (C=O) groups is 2. The van der Waals surface area contributed by atoms with Crippen molar-refractivity contribution in [2.75, 3.05) is 37.2 Å². The summed E-state index contributed by atoms with van der Waals surface area (Å²) in [4.78, 5) is 39.2. The first kappa shape index (κ1) is 23.0. The molecule has 0 saturated carbocycles. The summed E-state index contributed by atoms with van der Waals surface area (Å²) in [7, 11) is 0. The number of carbonyl (C=O) groups excluding carboxylic acids is 2. The maximum Gasteiger partial charge on any atom is 0.278 e. The molecule has 2 saturated heterocycles. The van der Waals surface area contributed by atoms with Crippen molar-refractivity contribution in [3.8, 4) is 11.3 Å². The minimum Gasteiger partial charge on any atom is -0.382 e. The summed E-state index contributed by atoms with van der Waals surface area (Å²) in [6.45, 7) is 3.93. The molecule has 8 nitrogen and oxygen atoms in total. The molecule has 186 valence electrons. The Kier molecular flexibility index (Phi) is 6.72. The number of amides is 2. The number of hydrogen-bond donors (Lipinski definition) is 2. The molecule has 0 atom stereocenters. The van der Waals surface area contributed by atoms with Crippen LogP contribution in [0.15, 0.2) is 60.8 Å². The Hall–Kier alpha value is -3.78. The Balaban J connectivity index is 0.00000169. The molecule has 2 amide bonds. The van der Waals surface area contributed by atoms with E-state index in [2.05, 4.69) is 20.2 Å². The van der Waals surface area contributed by atoms with E-state index in [9.17, 15) is 9.59 Å². The monoisotopic (exact) mass is 476 g/mol. The van der Waals surface area contributed by atoms with E-state index < -0.39 is 5.91 Å². The first-order valence-electron chi connectivity index (χ1n) is 12.2. The van der Waals surface area contributed by atoms with Crippen LogP contribution in [0.25, 0.3) is 11.3 Å². The third kappa shape index (κ3) is 5.17. The van der Waals surface area contributed by atoms with Gasteiger partial charge in [0.05, 0.1) is 11.9 Å². The van der Waals surface area contributed by atoms with Crippen LogP contribution in [0.1, 0.15) is 50.8 Å². The molecule has 0 radical (unpaired) electrons. The molecule has 3 heterocycles. The second-order valence-corrected chi connectivity index (χ2v) is 9.16. The van der Waals surface area contributed by atoms with Crippen molar-refractivity contribution in [3.63, 3.8) is 0 Å². The van der Waals surface area contributed by atoms with E-state index in [1.165, 1.54) is 32.1 Å². The SMILES string of the molecule is Nc1ncc(-c2cccc(C(=O)N3CCC(N4CCCC4)CC3)c2)nc1C(=O)Nc1ccccc1.[HH].[HH].[HH]. The zero-order valence-electron chi connectivity index (χ0n) is 19.7. The predicted molar refractivity (Wildman–Crippen MR) is 142 cm³/mol. The lowest BCUT2D eigenvalue weighted by Crippen LogP contribution is -2.45. The Morgan fingerprint density at radius 3 is 2.46 bits per heavy atom. The standard InChI is InChI=1S/C27H30N6O2.3H2/c28-25-24(26(34)30-21-9-2-1-3-10-21)31-23(18-29-25)19-7-6-8-20(17-19)27(35)33-15-11-22(12-16-33)32-13-4-5-14-32;;;/h1-3,6-10,17-18,22H,4-5,11-16H2,(H2,28,29)(H,30,34);3*1H. The number of piperidine rings is 1. The number of likely N-dealkylation sites (tertiary alicyclic amines) is 2. The van der Waals surface area contributed by atoms with Crippen molar-refractivity contribution in [1.82, 2.24) is 19.8 Å². The number of nitrogens with one attached hydrogen (secondary N) is 1. The van der Waals surface area contributed by atoms with Gasteiger partial charge in [-0.05, 0) is 63.0 Å². The molecule has 0 aliphatic carbocycles. The molecule has 0 spiro atoms. The van der Waals surface area contributed by atoms with Gasteiger partial charge in [0.2, 0.25) is 0 Å². The fourth-order valence-electron chi connectivity index (χ4n) is 4.95. The number of benzene rings is 2. The van der Waals surface area contributed by atoms with Crippen LogP contribution in [-0.4, -0.2) is 63.8 Å². The third-order valence-electron chi connectivity index (χ3n) is 6.86. The number of anilines is 2. The number of aromatic nitrogens is 2. The van der Waals surface area contributed by atoms with E-state index in [0.717, 1.165) is 25.9 Å². The van der Waals surface area contributed by atoms with Gasteiger partial charge in [0.1, 0.15) is 0 Å². The van der Waals surface area contributed by atoms with Crippen molar-refractivity contribution in [2.24, 2.45) is 0 Å². The van der Waals surface area contributed by atoms with E-state index >= 15 is 0 Å².